The molecule has 1 nitrogen and oxygen atoms in total. The fourth-order valence-electron chi connectivity index (χ4n) is 3.01. The molecule has 19 heavy (non-hydrogen) atoms. The molecule has 2 heteroatoms. The smallest absolute Gasteiger partial charge is 0.0250 e. The molecule has 1 aliphatic rings. The number of thioether (sulfide) groups is 1. The van der Waals surface area contributed by atoms with Gasteiger partial charge in [0.2, 0.25) is 0 Å². The lowest BCUT2D eigenvalue weighted by atomic mass is 9.84. The van der Waals surface area contributed by atoms with Crippen LogP contribution in [0.5, 0.6) is 0 Å². The standard InChI is InChI=1S/C17H27NS/c1-5-14-7-9-16(18-4)17(11-14)19-15-8-6-12(2)13(3)10-15/h6,8,10,14,16-18H,5,7,9,11H2,1-4H3. The molecule has 1 fully saturated rings. The molecule has 0 aromatic heterocycles. The third-order valence-electron chi connectivity index (χ3n) is 4.61. The van der Waals surface area contributed by atoms with E-state index in [1.54, 1.807) is 0 Å². The molecular formula is C17H27NS. The average Bonchev–Trinajstić information content (AvgIpc) is 2.43. The summed E-state index contributed by atoms with van der Waals surface area (Å²) in [4.78, 5) is 1.44. The van der Waals surface area contributed by atoms with Crippen LogP contribution in [0.4, 0.5) is 0 Å². The van der Waals surface area contributed by atoms with Crippen LogP contribution in [0, 0.1) is 19.8 Å². The van der Waals surface area contributed by atoms with Crippen LogP contribution >= 0.6 is 11.8 Å². The predicted octanol–water partition coefficient (Wildman–Crippen LogP) is 4.56. The third kappa shape index (κ3) is 3.76. The largest absolute Gasteiger partial charge is 0.316 e. The van der Waals surface area contributed by atoms with E-state index in [2.05, 4.69) is 63.1 Å². The highest BCUT2D eigenvalue weighted by Crippen LogP contribution is 2.37. The Hall–Kier alpha value is -0.470. The first kappa shape index (κ1) is 14.9. The van der Waals surface area contributed by atoms with Crippen LogP contribution in [0.3, 0.4) is 0 Å². The van der Waals surface area contributed by atoms with Gasteiger partial charge in [-0.15, -0.1) is 11.8 Å². The Balaban J connectivity index is 2.07. The number of aryl methyl sites for hydroxylation is 2. The summed E-state index contributed by atoms with van der Waals surface area (Å²) in [5.41, 5.74) is 2.80. The molecule has 1 aromatic carbocycles. The highest BCUT2D eigenvalue weighted by atomic mass is 32.2. The summed E-state index contributed by atoms with van der Waals surface area (Å²) < 4.78 is 0. The monoisotopic (exact) mass is 277 g/mol. The second kappa shape index (κ2) is 6.81. The van der Waals surface area contributed by atoms with E-state index in [9.17, 15) is 0 Å². The summed E-state index contributed by atoms with van der Waals surface area (Å²) >= 11 is 2.08. The number of nitrogens with one attached hydrogen (secondary N) is 1. The zero-order chi connectivity index (χ0) is 13.8. The second-order valence-corrected chi connectivity index (χ2v) is 7.20. The lowest BCUT2D eigenvalue weighted by molar-refractivity contribution is 0.304. The molecule has 0 heterocycles. The van der Waals surface area contributed by atoms with Gasteiger partial charge < -0.3 is 5.32 Å². The van der Waals surface area contributed by atoms with Gasteiger partial charge in [0.15, 0.2) is 0 Å². The Labute approximate surface area is 122 Å². The Morgan fingerprint density at radius 1 is 1.21 bits per heavy atom. The first-order valence-corrected chi connectivity index (χ1v) is 8.43. The lowest BCUT2D eigenvalue weighted by Gasteiger charge is -2.35. The molecule has 0 spiro atoms. The van der Waals surface area contributed by atoms with Crippen molar-refractivity contribution in [3.8, 4) is 0 Å². The second-order valence-electron chi connectivity index (χ2n) is 5.88. The lowest BCUT2D eigenvalue weighted by Crippen LogP contribution is -2.40. The Kier molecular flexibility index (Phi) is 5.35. The van der Waals surface area contributed by atoms with Crippen molar-refractivity contribution in [1.29, 1.82) is 0 Å². The van der Waals surface area contributed by atoms with Crippen LogP contribution < -0.4 is 5.32 Å². The molecule has 0 radical (unpaired) electrons. The third-order valence-corrected chi connectivity index (χ3v) is 5.96. The normalized spacial score (nSPS) is 27.5. The molecule has 0 amide bonds. The number of benzene rings is 1. The van der Waals surface area contributed by atoms with Gasteiger partial charge in [-0.25, -0.2) is 0 Å². The summed E-state index contributed by atoms with van der Waals surface area (Å²) in [5, 5.41) is 4.25. The van der Waals surface area contributed by atoms with Gasteiger partial charge in [-0.3, -0.25) is 0 Å². The maximum atomic E-state index is 3.52. The van der Waals surface area contributed by atoms with E-state index in [0.29, 0.717) is 6.04 Å². The van der Waals surface area contributed by atoms with Crippen molar-refractivity contribution < 1.29 is 0 Å². The Morgan fingerprint density at radius 3 is 2.63 bits per heavy atom. The van der Waals surface area contributed by atoms with Crippen molar-refractivity contribution in [2.75, 3.05) is 7.05 Å². The van der Waals surface area contributed by atoms with Crippen LogP contribution in [0.25, 0.3) is 0 Å². The van der Waals surface area contributed by atoms with Crippen LogP contribution in [-0.4, -0.2) is 18.3 Å². The highest BCUT2D eigenvalue weighted by molar-refractivity contribution is 8.00. The van der Waals surface area contributed by atoms with Gasteiger partial charge in [0.25, 0.3) is 0 Å². The van der Waals surface area contributed by atoms with Crippen molar-refractivity contribution in [1.82, 2.24) is 5.32 Å². The molecule has 1 N–H and O–H groups in total. The molecule has 1 saturated carbocycles. The van der Waals surface area contributed by atoms with Gasteiger partial charge in [0.05, 0.1) is 0 Å². The maximum absolute atomic E-state index is 3.52. The summed E-state index contributed by atoms with van der Waals surface area (Å²) in [5.74, 6) is 0.925. The number of hydrogen-bond donors (Lipinski definition) is 1. The molecule has 3 unspecified atom stereocenters. The minimum atomic E-state index is 0.675. The van der Waals surface area contributed by atoms with Gasteiger partial charge in [-0.05, 0) is 69.3 Å². The zero-order valence-electron chi connectivity index (χ0n) is 12.7. The van der Waals surface area contributed by atoms with E-state index >= 15 is 0 Å². The fraction of sp³-hybridized carbons (Fsp3) is 0.647. The van der Waals surface area contributed by atoms with Gasteiger partial charge in [0.1, 0.15) is 0 Å². The van der Waals surface area contributed by atoms with Gasteiger partial charge in [-0.1, -0.05) is 19.4 Å². The first-order valence-electron chi connectivity index (χ1n) is 7.55. The Morgan fingerprint density at radius 2 is 2.00 bits per heavy atom. The molecule has 1 aromatic rings. The summed E-state index contributed by atoms with van der Waals surface area (Å²) in [6, 6.07) is 7.57. The molecule has 3 atom stereocenters. The van der Waals surface area contributed by atoms with E-state index in [1.807, 2.05) is 0 Å². The zero-order valence-corrected chi connectivity index (χ0v) is 13.5. The van der Waals surface area contributed by atoms with Crippen LogP contribution in [0.2, 0.25) is 0 Å². The maximum Gasteiger partial charge on any atom is 0.0250 e. The summed E-state index contributed by atoms with van der Waals surface area (Å²) in [7, 11) is 2.12. The summed E-state index contributed by atoms with van der Waals surface area (Å²) in [6.07, 6.45) is 5.42. The van der Waals surface area contributed by atoms with Crippen molar-refractivity contribution in [2.45, 2.75) is 62.6 Å². The minimum absolute atomic E-state index is 0.675. The molecule has 0 bridgehead atoms. The SMILES string of the molecule is CCC1CCC(NC)C(Sc2ccc(C)c(C)c2)C1. The molecule has 0 saturated heterocycles. The molecule has 1 aliphatic carbocycles. The summed E-state index contributed by atoms with van der Waals surface area (Å²) in [6.45, 7) is 6.74. The van der Waals surface area contributed by atoms with Crippen molar-refractivity contribution in [3.05, 3.63) is 29.3 Å². The van der Waals surface area contributed by atoms with Gasteiger partial charge in [-0.2, -0.15) is 0 Å². The Bertz CT molecular complexity index is 416. The molecule has 106 valence electrons. The molecular weight excluding hydrogens is 250 g/mol. The van der Waals surface area contributed by atoms with Crippen LogP contribution in [-0.2, 0) is 0 Å². The predicted molar refractivity (Wildman–Crippen MR) is 86.0 cm³/mol. The van der Waals surface area contributed by atoms with Crippen molar-refractivity contribution in [3.63, 3.8) is 0 Å². The van der Waals surface area contributed by atoms with E-state index < -0.39 is 0 Å². The quantitative estimate of drug-likeness (QED) is 0.865. The fourth-order valence-corrected chi connectivity index (χ4v) is 4.55. The van der Waals surface area contributed by atoms with Crippen LogP contribution in [0.1, 0.15) is 43.7 Å². The first-order chi connectivity index (χ1) is 9.13. The molecule has 2 rings (SSSR count). The van der Waals surface area contributed by atoms with E-state index in [-0.39, 0.29) is 0 Å². The van der Waals surface area contributed by atoms with E-state index in [0.717, 1.165) is 11.2 Å². The minimum Gasteiger partial charge on any atom is -0.316 e. The van der Waals surface area contributed by atoms with Crippen molar-refractivity contribution >= 4 is 11.8 Å². The molecule has 0 aliphatic heterocycles. The number of hydrogen-bond acceptors (Lipinski definition) is 2. The highest BCUT2D eigenvalue weighted by Gasteiger charge is 2.29. The van der Waals surface area contributed by atoms with Crippen LogP contribution in [0.15, 0.2) is 23.1 Å². The van der Waals surface area contributed by atoms with Crippen molar-refractivity contribution in [2.24, 2.45) is 5.92 Å². The van der Waals surface area contributed by atoms with Gasteiger partial charge >= 0.3 is 0 Å². The van der Waals surface area contributed by atoms with E-state index in [1.165, 1.54) is 41.7 Å². The topological polar surface area (TPSA) is 12.0 Å². The van der Waals surface area contributed by atoms with E-state index in [4.69, 9.17) is 0 Å². The average molecular weight is 277 g/mol. The number of rotatable bonds is 4. The van der Waals surface area contributed by atoms with Gasteiger partial charge in [0, 0.05) is 16.2 Å².